The van der Waals surface area contributed by atoms with E-state index >= 15 is 0 Å². The predicted octanol–water partition coefficient (Wildman–Crippen LogP) is 0.989. The number of benzene rings is 1. The number of hydrogen-bond donors (Lipinski definition) is 2. The molecule has 1 fully saturated rings. The number of nitrogens with one attached hydrogen (secondary N) is 1. The number of ether oxygens (including phenoxy) is 3. The number of nitrogens with zero attached hydrogens (tertiary/aromatic N) is 3. The first-order chi connectivity index (χ1) is 14.3. The van der Waals surface area contributed by atoms with Crippen LogP contribution in [-0.2, 0) is 24.8 Å². The summed E-state index contributed by atoms with van der Waals surface area (Å²) in [5, 5.41) is 9.27. The maximum Gasteiger partial charge on any atom is 0.278 e. The van der Waals surface area contributed by atoms with Crippen LogP contribution in [0.25, 0.3) is 0 Å². The van der Waals surface area contributed by atoms with Gasteiger partial charge in [-0.1, -0.05) is 12.1 Å². The maximum atomic E-state index is 12.3. The number of hydroxylamine groups is 1. The van der Waals surface area contributed by atoms with Crippen LogP contribution in [-0.4, -0.2) is 47.5 Å². The molecule has 0 saturated carbocycles. The minimum absolute atomic E-state index is 0.0667. The first kappa shape index (κ1) is 21.8. The van der Waals surface area contributed by atoms with Gasteiger partial charge in [-0.05, 0) is 26.0 Å². The number of nitriles is 1. The second-order valence-electron chi connectivity index (χ2n) is 7.40. The third-order valence-electron chi connectivity index (χ3n) is 4.74. The van der Waals surface area contributed by atoms with Crippen LogP contribution < -0.4 is 11.2 Å². The third-order valence-corrected chi connectivity index (χ3v) is 4.74. The quantitative estimate of drug-likeness (QED) is 0.478. The largest absolute Gasteiger partial charge is 0.376 e. The summed E-state index contributed by atoms with van der Waals surface area (Å²) in [6.07, 6.45) is 3.99. The van der Waals surface area contributed by atoms with Gasteiger partial charge in [0.15, 0.2) is 0 Å². The van der Waals surface area contributed by atoms with Gasteiger partial charge in [-0.3, -0.25) is 10.5 Å². The standard InChI is InChI=1S/C20H23N5O5/c1-18(2,27-3)11-28-20(16-6-4-5-14(7-16)8-21)19(22,12-29-20)30-25-17(26)15-9-23-13-24-10-15/h4-7,9-10,13H,11-12,22H2,1-3H3,(H,25,26). The van der Waals surface area contributed by atoms with Crippen LogP contribution in [0.3, 0.4) is 0 Å². The molecule has 10 nitrogen and oxygen atoms in total. The Bertz CT molecular complexity index is 948. The van der Waals surface area contributed by atoms with Gasteiger partial charge in [-0.25, -0.2) is 20.3 Å². The topological polar surface area (TPSA) is 142 Å². The molecule has 30 heavy (non-hydrogen) atoms. The van der Waals surface area contributed by atoms with E-state index in [2.05, 4.69) is 21.5 Å². The Hall–Kier alpha value is -2.94. The molecule has 1 aliphatic heterocycles. The third kappa shape index (κ3) is 4.16. The molecule has 2 unspecified atom stereocenters. The van der Waals surface area contributed by atoms with Gasteiger partial charge < -0.3 is 14.2 Å². The normalized spacial score (nSPS) is 23.3. The van der Waals surface area contributed by atoms with E-state index in [0.717, 1.165) is 0 Å². The first-order valence-corrected chi connectivity index (χ1v) is 9.11. The molecule has 1 aliphatic rings. The molecule has 0 aliphatic carbocycles. The van der Waals surface area contributed by atoms with Crippen molar-refractivity contribution in [1.29, 1.82) is 5.26 Å². The van der Waals surface area contributed by atoms with Crippen molar-refractivity contribution in [3.05, 3.63) is 59.7 Å². The molecular weight excluding hydrogens is 390 g/mol. The zero-order valence-electron chi connectivity index (χ0n) is 16.9. The fourth-order valence-corrected chi connectivity index (χ4v) is 2.76. The summed E-state index contributed by atoms with van der Waals surface area (Å²) in [4.78, 5) is 25.5. The number of amides is 1. The van der Waals surface area contributed by atoms with E-state index < -0.39 is 23.0 Å². The summed E-state index contributed by atoms with van der Waals surface area (Å²) in [5.74, 6) is -2.15. The average Bonchev–Trinajstić information content (AvgIpc) is 2.77. The molecule has 2 aromatic rings. The fourth-order valence-electron chi connectivity index (χ4n) is 2.76. The number of methoxy groups -OCH3 is 1. The summed E-state index contributed by atoms with van der Waals surface area (Å²) in [6, 6.07) is 8.70. The lowest BCUT2D eigenvalue weighted by molar-refractivity contribution is -0.443. The van der Waals surface area contributed by atoms with E-state index in [1.807, 2.05) is 13.8 Å². The van der Waals surface area contributed by atoms with Gasteiger partial charge >= 0.3 is 0 Å². The van der Waals surface area contributed by atoms with Gasteiger partial charge in [0.2, 0.25) is 11.5 Å². The molecule has 1 aromatic heterocycles. The average molecular weight is 413 g/mol. The Balaban J connectivity index is 1.87. The van der Waals surface area contributed by atoms with Crippen LogP contribution in [0.5, 0.6) is 0 Å². The van der Waals surface area contributed by atoms with Gasteiger partial charge in [0, 0.05) is 25.1 Å². The van der Waals surface area contributed by atoms with Crippen LogP contribution in [0, 0.1) is 11.3 Å². The molecule has 0 spiro atoms. The van der Waals surface area contributed by atoms with E-state index in [0.29, 0.717) is 11.1 Å². The van der Waals surface area contributed by atoms with E-state index in [1.165, 1.54) is 18.7 Å². The summed E-state index contributed by atoms with van der Waals surface area (Å²) in [7, 11) is 1.56. The minimum atomic E-state index is -1.57. The predicted molar refractivity (Wildman–Crippen MR) is 103 cm³/mol. The zero-order valence-corrected chi connectivity index (χ0v) is 16.9. The number of hydrogen-bond acceptors (Lipinski definition) is 9. The number of nitrogens with two attached hydrogens (primary N) is 1. The molecule has 158 valence electrons. The van der Waals surface area contributed by atoms with E-state index in [-0.39, 0.29) is 18.8 Å². The van der Waals surface area contributed by atoms with Crippen molar-refractivity contribution in [1.82, 2.24) is 15.4 Å². The molecule has 2 atom stereocenters. The lowest BCUT2D eigenvalue weighted by Crippen LogP contribution is -2.75. The van der Waals surface area contributed by atoms with Gasteiger partial charge in [0.25, 0.3) is 5.91 Å². The van der Waals surface area contributed by atoms with E-state index in [9.17, 15) is 10.1 Å². The Kier molecular flexibility index (Phi) is 6.12. The fraction of sp³-hybridized carbons (Fsp3) is 0.400. The van der Waals surface area contributed by atoms with E-state index in [1.54, 1.807) is 31.4 Å². The molecule has 2 heterocycles. The Morgan fingerprint density at radius 1 is 1.40 bits per heavy atom. The number of rotatable bonds is 8. The monoisotopic (exact) mass is 413 g/mol. The molecule has 1 saturated heterocycles. The summed E-state index contributed by atoms with van der Waals surface area (Å²) in [5.41, 5.74) is 7.60. The summed E-state index contributed by atoms with van der Waals surface area (Å²) < 4.78 is 17.3. The van der Waals surface area contributed by atoms with Gasteiger partial charge in [0.1, 0.15) is 12.9 Å². The van der Waals surface area contributed by atoms with Crippen LogP contribution in [0.1, 0.15) is 35.3 Å². The highest BCUT2D eigenvalue weighted by Crippen LogP contribution is 2.46. The molecule has 3 N–H and O–H groups in total. The molecular formula is C20H23N5O5. The van der Waals surface area contributed by atoms with Gasteiger partial charge in [-0.15, -0.1) is 0 Å². The maximum absolute atomic E-state index is 12.3. The highest BCUT2D eigenvalue weighted by atomic mass is 16.8. The molecule has 0 bridgehead atoms. The van der Waals surface area contributed by atoms with Crippen LogP contribution in [0.4, 0.5) is 0 Å². The minimum Gasteiger partial charge on any atom is -0.376 e. The first-order valence-electron chi connectivity index (χ1n) is 9.11. The SMILES string of the molecule is COC(C)(C)COC1(c2cccc(C#N)c2)OCC1(N)ONC(=O)c1cncnc1. The Morgan fingerprint density at radius 2 is 2.13 bits per heavy atom. The lowest BCUT2D eigenvalue weighted by Gasteiger charge is -2.54. The van der Waals surface area contributed by atoms with Gasteiger partial charge in [0.05, 0.1) is 29.4 Å². The van der Waals surface area contributed by atoms with Crippen molar-refractivity contribution in [2.75, 3.05) is 20.3 Å². The number of carbonyl (C=O) groups is 1. The van der Waals surface area contributed by atoms with Crippen LogP contribution in [0.2, 0.25) is 0 Å². The molecule has 1 aromatic carbocycles. The molecule has 1 amide bonds. The molecule has 3 rings (SSSR count). The van der Waals surface area contributed by atoms with Crippen molar-refractivity contribution >= 4 is 5.91 Å². The second-order valence-corrected chi connectivity index (χ2v) is 7.40. The van der Waals surface area contributed by atoms with E-state index in [4.69, 9.17) is 24.8 Å². The highest BCUT2D eigenvalue weighted by molar-refractivity contribution is 5.92. The smallest absolute Gasteiger partial charge is 0.278 e. The van der Waals surface area contributed by atoms with Crippen molar-refractivity contribution in [2.24, 2.45) is 5.73 Å². The van der Waals surface area contributed by atoms with Crippen LogP contribution in [0.15, 0.2) is 43.0 Å². The Morgan fingerprint density at radius 3 is 2.73 bits per heavy atom. The Labute approximate surface area is 173 Å². The molecule has 10 heteroatoms. The lowest BCUT2D eigenvalue weighted by atomic mass is 9.89. The van der Waals surface area contributed by atoms with Crippen LogP contribution >= 0.6 is 0 Å². The van der Waals surface area contributed by atoms with Crippen molar-refractivity contribution in [3.63, 3.8) is 0 Å². The summed E-state index contributed by atoms with van der Waals surface area (Å²) in [6.45, 7) is 3.70. The second kappa shape index (κ2) is 8.43. The van der Waals surface area contributed by atoms with Gasteiger partial charge in [-0.2, -0.15) is 5.26 Å². The summed E-state index contributed by atoms with van der Waals surface area (Å²) >= 11 is 0. The zero-order chi connectivity index (χ0) is 21.8. The highest BCUT2D eigenvalue weighted by Gasteiger charge is 2.64. The number of carbonyl (C=O) groups excluding carboxylic acids is 1. The number of aromatic nitrogens is 2. The van der Waals surface area contributed by atoms with Crippen molar-refractivity contribution in [3.8, 4) is 6.07 Å². The molecule has 0 radical (unpaired) electrons. The van der Waals surface area contributed by atoms with Crippen molar-refractivity contribution in [2.45, 2.75) is 31.0 Å². The van der Waals surface area contributed by atoms with Crippen molar-refractivity contribution < 1.29 is 23.8 Å².